The highest BCUT2D eigenvalue weighted by molar-refractivity contribution is 7.22. The van der Waals surface area contributed by atoms with E-state index in [9.17, 15) is 9.18 Å². The molecule has 7 heteroatoms. The Morgan fingerprint density at radius 1 is 1.14 bits per heavy atom. The molecule has 0 spiro atoms. The number of rotatable bonds is 4. The number of thiazole rings is 1. The van der Waals surface area contributed by atoms with Crippen molar-refractivity contribution in [1.82, 2.24) is 4.98 Å². The van der Waals surface area contributed by atoms with E-state index in [0.29, 0.717) is 21.3 Å². The number of hydrogen-bond donors (Lipinski definition) is 0. The molecular weight excluding hydrogens is 409 g/mol. The van der Waals surface area contributed by atoms with Gasteiger partial charge in [-0.15, -0.1) is 0 Å². The van der Waals surface area contributed by atoms with Crippen LogP contribution in [-0.4, -0.2) is 17.1 Å². The lowest BCUT2D eigenvalue weighted by atomic mass is 10.2. The Labute approximate surface area is 175 Å². The molecule has 0 atom stereocenters. The zero-order chi connectivity index (χ0) is 20.4. The van der Waals surface area contributed by atoms with Gasteiger partial charge >= 0.3 is 0 Å². The van der Waals surface area contributed by atoms with Crippen LogP contribution in [0.3, 0.4) is 0 Å². The van der Waals surface area contributed by atoms with Gasteiger partial charge < -0.3 is 0 Å². The fourth-order valence-corrected chi connectivity index (χ4v) is 3.93. The summed E-state index contributed by atoms with van der Waals surface area (Å²) in [6.45, 7) is 2.00. The van der Waals surface area contributed by atoms with E-state index in [0.717, 1.165) is 15.8 Å². The monoisotopic (exact) mass is 423 g/mol. The van der Waals surface area contributed by atoms with Crippen LogP contribution in [0.4, 0.5) is 9.52 Å². The first kappa shape index (κ1) is 19.2. The van der Waals surface area contributed by atoms with Gasteiger partial charge in [0.15, 0.2) is 0 Å². The molecule has 1 heterocycles. The van der Waals surface area contributed by atoms with Crippen molar-refractivity contribution >= 4 is 50.4 Å². The first-order chi connectivity index (χ1) is 14.0. The summed E-state index contributed by atoms with van der Waals surface area (Å²) in [5.41, 5.74) is 2.95. The summed E-state index contributed by atoms with van der Waals surface area (Å²) >= 11 is 7.42. The molecule has 0 saturated heterocycles. The lowest BCUT2D eigenvalue weighted by molar-refractivity contribution is 0.0988. The molecule has 3 aromatic carbocycles. The topological polar surface area (TPSA) is 45.6 Å². The van der Waals surface area contributed by atoms with Gasteiger partial charge in [0.1, 0.15) is 5.82 Å². The summed E-state index contributed by atoms with van der Waals surface area (Å²) < 4.78 is 14.1. The highest BCUT2D eigenvalue weighted by Gasteiger charge is 2.21. The maximum atomic E-state index is 13.2. The maximum absolute atomic E-state index is 13.2. The largest absolute Gasteiger partial charge is 0.280 e. The quantitative estimate of drug-likeness (QED) is 0.295. The number of anilines is 1. The van der Waals surface area contributed by atoms with Gasteiger partial charge in [-0.05, 0) is 60.5 Å². The standard InChI is InChI=1S/C22H15ClFN3OS/c1-14-5-10-19-20(11-14)29-22(26-19)27(21(28)16-3-2-4-17(23)12-16)25-13-15-6-8-18(24)9-7-15/h2-13H,1H3/b25-13+. The molecule has 1 aromatic heterocycles. The van der Waals surface area contributed by atoms with Gasteiger partial charge in [0, 0.05) is 10.6 Å². The van der Waals surface area contributed by atoms with Crippen molar-refractivity contribution in [2.75, 3.05) is 5.01 Å². The molecule has 0 bridgehead atoms. The third-order valence-corrected chi connectivity index (χ3v) is 5.40. The van der Waals surface area contributed by atoms with Gasteiger partial charge in [-0.25, -0.2) is 9.37 Å². The second kappa shape index (κ2) is 8.11. The van der Waals surface area contributed by atoms with Crippen LogP contribution in [0.15, 0.2) is 71.8 Å². The predicted molar refractivity (Wildman–Crippen MR) is 117 cm³/mol. The molecule has 144 valence electrons. The van der Waals surface area contributed by atoms with Crippen molar-refractivity contribution in [1.29, 1.82) is 0 Å². The van der Waals surface area contributed by atoms with Crippen molar-refractivity contribution in [2.45, 2.75) is 6.92 Å². The minimum Gasteiger partial charge on any atom is -0.267 e. The molecule has 0 fully saturated rings. The molecule has 0 radical (unpaired) electrons. The van der Waals surface area contributed by atoms with E-state index in [1.54, 1.807) is 36.4 Å². The van der Waals surface area contributed by atoms with Crippen molar-refractivity contribution in [3.8, 4) is 0 Å². The number of carbonyl (C=O) groups is 1. The number of halogens is 2. The number of aryl methyl sites for hydroxylation is 1. The fraction of sp³-hybridized carbons (Fsp3) is 0.0455. The molecular formula is C22H15ClFN3OS. The van der Waals surface area contributed by atoms with Crippen LogP contribution in [0.1, 0.15) is 21.5 Å². The van der Waals surface area contributed by atoms with E-state index in [4.69, 9.17) is 11.6 Å². The van der Waals surface area contributed by atoms with Crippen molar-refractivity contribution in [3.63, 3.8) is 0 Å². The number of hydrazone groups is 1. The van der Waals surface area contributed by atoms with E-state index in [2.05, 4.69) is 10.1 Å². The zero-order valence-electron chi connectivity index (χ0n) is 15.3. The van der Waals surface area contributed by atoms with Crippen LogP contribution in [0.25, 0.3) is 10.2 Å². The Bertz CT molecular complexity index is 1220. The van der Waals surface area contributed by atoms with E-state index in [1.807, 2.05) is 25.1 Å². The third-order valence-electron chi connectivity index (χ3n) is 4.17. The Hall–Kier alpha value is -3.09. The first-order valence-corrected chi connectivity index (χ1v) is 9.96. The molecule has 0 N–H and O–H groups in total. The molecule has 4 rings (SSSR count). The predicted octanol–water partition coefficient (Wildman–Crippen LogP) is 6.08. The average Bonchev–Trinajstić information content (AvgIpc) is 3.12. The van der Waals surface area contributed by atoms with Gasteiger partial charge in [0.05, 0.1) is 16.4 Å². The number of carbonyl (C=O) groups excluding carboxylic acids is 1. The molecule has 0 aliphatic carbocycles. The first-order valence-electron chi connectivity index (χ1n) is 8.76. The van der Waals surface area contributed by atoms with Crippen molar-refractivity contribution in [2.24, 2.45) is 5.10 Å². The fourth-order valence-electron chi connectivity index (χ4n) is 2.72. The van der Waals surface area contributed by atoms with Crippen molar-refractivity contribution < 1.29 is 9.18 Å². The van der Waals surface area contributed by atoms with Crippen LogP contribution in [-0.2, 0) is 0 Å². The summed E-state index contributed by atoms with van der Waals surface area (Å²) in [6.07, 6.45) is 1.50. The highest BCUT2D eigenvalue weighted by atomic mass is 35.5. The zero-order valence-corrected chi connectivity index (χ0v) is 16.9. The number of benzene rings is 3. The van der Waals surface area contributed by atoms with E-state index >= 15 is 0 Å². The van der Waals surface area contributed by atoms with E-state index < -0.39 is 0 Å². The van der Waals surface area contributed by atoms with E-state index in [1.165, 1.54) is 34.7 Å². The number of fused-ring (bicyclic) bond motifs is 1. The van der Waals surface area contributed by atoms with E-state index in [-0.39, 0.29) is 11.7 Å². The minimum absolute atomic E-state index is 0.337. The number of aromatic nitrogens is 1. The Morgan fingerprint density at radius 3 is 2.69 bits per heavy atom. The lowest BCUT2D eigenvalue weighted by Gasteiger charge is -2.14. The van der Waals surface area contributed by atoms with Gasteiger partial charge in [-0.2, -0.15) is 10.1 Å². The minimum atomic E-state index is -0.360. The lowest BCUT2D eigenvalue weighted by Crippen LogP contribution is -2.25. The summed E-state index contributed by atoms with van der Waals surface area (Å²) in [4.78, 5) is 17.7. The van der Waals surface area contributed by atoms with Gasteiger partial charge in [0.2, 0.25) is 5.13 Å². The molecule has 4 nitrogen and oxygen atoms in total. The van der Waals surface area contributed by atoms with Crippen LogP contribution < -0.4 is 5.01 Å². The summed E-state index contributed by atoms with van der Waals surface area (Å²) in [5, 5.41) is 6.50. The molecule has 1 amide bonds. The maximum Gasteiger partial charge on any atom is 0.280 e. The van der Waals surface area contributed by atoms with Crippen molar-refractivity contribution in [3.05, 3.63) is 94.3 Å². The Kier molecular flexibility index (Phi) is 5.38. The SMILES string of the molecule is Cc1ccc2nc(N(/N=C/c3ccc(F)cc3)C(=O)c3cccc(Cl)c3)sc2c1. The summed E-state index contributed by atoms with van der Waals surface area (Å²) in [5.74, 6) is -0.697. The highest BCUT2D eigenvalue weighted by Crippen LogP contribution is 2.31. The molecule has 4 aromatic rings. The summed E-state index contributed by atoms with van der Waals surface area (Å²) in [6, 6.07) is 18.4. The van der Waals surface area contributed by atoms with Crippen LogP contribution in [0.5, 0.6) is 0 Å². The smallest absolute Gasteiger partial charge is 0.267 e. The third kappa shape index (κ3) is 4.34. The second-order valence-electron chi connectivity index (χ2n) is 6.39. The molecule has 29 heavy (non-hydrogen) atoms. The number of amides is 1. The van der Waals surface area contributed by atoms with Crippen LogP contribution >= 0.6 is 22.9 Å². The molecule has 0 aliphatic heterocycles. The Morgan fingerprint density at radius 2 is 1.93 bits per heavy atom. The normalized spacial score (nSPS) is 11.3. The molecule has 0 unspecified atom stereocenters. The summed E-state index contributed by atoms with van der Waals surface area (Å²) in [7, 11) is 0. The van der Waals surface area contributed by atoms with Gasteiger partial charge in [-0.1, -0.05) is 47.2 Å². The van der Waals surface area contributed by atoms with Gasteiger partial charge in [-0.3, -0.25) is 4.79 Å². The van der Waals surface area contributed by atoms with Gasteiger partial charge in [0.25, 0.3) is 5.91 Å². The number of nitrogens with zero attached hydrogens (tertiary/aromatic N) is 3. The van der Waals surface area contributed by atoms with Crippen LogP contribution in [0.2, 0.25) is 5.02 Å². The second-order valence-corrected chi connectivity index (χ2v) is 7.84. The Balaban J connectivity index is 1.76. The average molecular weight is 424 g/mol. The number of hydrogen-bond acceptors (Lipinski definition) is 4. The molecule has 0 saturated carbocycles. The molecule has 0 aliphatic rings. The van der Waals surface area contributed by atoms with Crippen LogP contribution in [0, 0.1) is 12.7 Å².